The zero-order valence-corrected chi connectivity index (χ0v) is 12.0. The van der Waals surface area contributed by atoms with E-state index in [-0.39, 0.29) is 0 Å². The summed E-state index contributed by atoms with van der Waals surface area (Å²) in [6.45, 7) is 10.4. The van der Waals surface area contributed by atoms with Crippen molar-refractivity contribution in [1.82, 2.24) is 10.2 Å². The molecule has 0 saturated carbocycles. The number of hydrogen-bond donors (Lipinski definition) is 1. The quantitative estimate of drug-likeness (QED) is 0.672. The monoisotopic (exact) mass is 254 g/mol. The molecule has 106 valence electrons. The van der Waals surface area contributed by atoms with Crippen molar-refractivity contribution in [3.63, 3.8) is 0 Å². The van der Waals surface area contributed by atoms with Crippen molar-refractivity contribution in [3.05, 3.63) is 0 Å². The SMILES string of the molecule is CCC1CCN(CCOCCCC2CNC2)CC1. The number of likely N-dealkylation sites (tertiary alicyclic amines) is 1. The third kappa shape index (κ3) is 4.87. The fourth-order valence-electron chi connectivity index (χ4n) is 2.94. The van der Waals surface area contributed by atoms with Crippen LogP contribution >= 0.6 is 0 Å². The molecule has 0 aromatic heterocycles. The Kier molecular flexibility index (Phi) is 6.46. The zero-order chi connectivity index (χ0) is 12.6. The first-order chi connectivity index (χ1) is 8.88. The second-order valence-electron chi connectivity index (χ2n) is 5.97. The molecule has 3 heteroatoms. The summed E-state index contributed by atoms with van der Waals surface area (Å²) in [6, 6.07) is 0. The lowest BCUT2D eigenvalue weighted by atomic mass is 9.94. The first-order valence-electron chi connectivity index (χ1n) is 7.89. The van der Waals surface area contributed by atoms with Crippen LogP contribution in [-0.4, -0.2) is 50.8 Å². The van der Waals surface area contributed by atoms with E-state index in [0.717, 1.165) is 31.6 Å². The fraction of sp³-hybridized carbons (Fsp3) is 1.00. The standard InChI is InChI=1S/C15H30N2O/c1-2-14-5-7-17(8-6-14)9-11-18-10-3-4-15-12-16-13-15/h14-16H,2-13H2,1H3. The Balaban J connectivity index is 1.39. The van der Waals surface area contributed by atoms with Crippen LogP contribution in [0.3, 0.4) is 0 Å². The van der Waals surface area contributed by atoms with E-state index in [1.54, 1.807) is 0 Å². The molecule has 0 radical (unpaired) electrons. The molecule has 2 aliphatic rings. The Morgan fingerprint density at radius 3 is 2.50 bits per heavy atom. The Morgan fingerprint density at radius 1 is 1.11 bits per heavy atom. The first-order valence-corrected chi connectivity index (χ1v) is 7.89. The number of hydrogen-bond acceptors (Lipinski definition) is 3. The fourth-order valence-corrected chi connectivity index (χ4v) is 2.94. The maximum absolute atomic E-state index is 5.75. The van der Waals surface area contributed by atoms with E-state index in [1.165, 1.54) is 58.3 Å². The van der Waals surface area contributed by atoms with Crippen LogP contribution in [-0.2, 0) is 4.74 Å². The summed E-state index contributed by atoms with van der Waals surface area (Å²) in [5, 5.41) is 3.32. The van der Waals surface area contributed by atoms with Gasteiger partial charge in [-0.1, -0.05) is 13.3 Å². The van der Waals surface area contributed by atoms with Gasteiger partial charge in [-0.25, -0.2) is 0 Å². The molecule has 0 bridgehead atoms. The van der Waals surface area contributed by atoms with Gasteiger partial charge in [-0.15, -0.1) is 0 Å². The van der Waals surface area contributed by atoms with E-state index < -0.39 is 0 Å². The van der Waals surface area contributed by atoms with Gasteiger partial charge in [0.15, 0.2) is 0 Å². The minimum absolute atomic E-state index is 0.930. The molecule has 0 atom stereocenters. The van der Waals surface area contributed by atoms with Gasteiger partial charge in [0.1, 0.15) is 0 Å². The van der Waals surface area contributed by atoms with Crippen LogP contribution in [0.1, 0.15) is 39.0 Å². The average Bonchev–Trinajstić information content (AvgIpc) is 2.36. The van der Waals surface area contributed by atoms with E-state index in [2.05, 4.69) is 17.1 Å². The highest BCUT2D eigenvalue weighted by Gasteiger charge is 2.17. The summed E-state index contributed by atoms with van der Waals surface area (Å²) in [7, 11) is 0. The van der Waals surface area contributed by atoms with Crippen molar-refractivity contribution < 1.29 is 4.74 Å². The molecule has 2 heterocycles. The molecule has 18 heavy (non-hydrogen) atoms. The summed E-state index contributed by atoms with van der Waals surface area (Å²) in [4.78, 5) is 2.57. The summed E-state index contributed by atoms with van der Waals surface area (Å²) in [6.07, 6.45) is 6.73. The van der Waals surface area contributed by atoms with E-state index >= 15 is 0 Å². The van der Waals surface area contributed by atoms with Crippen molar-refractivity contribution in [2.45, 2.75) is 39.0 Å². The topological polar surface area (TPSA) is 24.5 Å². The normalized spacial score (nSPS) is 23.2. The molecule has 3 nitrogen and oxygen atoms in total. The molecule has 1 N–H and O–H groups in total. The van der Waals surface area contributed by atoms with Crippen molar-refractivity contribution in [2.75, 3.05) is 45.9 Å². The third-order valence-electron chi connectivity index (χ3n) is 4.60. The molecule has 2 fully saturated rings. The molecule has 0 unspecified atom stereocenters. The van der Waals surface area contributed by atoms with E-state index in [0.29, 0.717) is 0 Å². The van der Waals surface area contributed by atoms with Gasteiger partial charge in [-0.05, 0) is 63.7 Å². The number of piperidine rings is 1. The Bertz CT molecular complexity index is 211. The lowest BCUT2D eigenvalue weighted by Crippen LogP contribution is -2.41. The van der Waals surface area contributed by atoms with Crippen LogP contribution in [0.4, 0.5) is 0 Å². The summed E-state index contributed by atoms with van der Waals surface area (Å²) in [5.74, 6) is 1.92. The van der Waals surface area contributed by atoms with Gasteiger partial charge in [-0.2, -0.15) is 0 Å². The van der Waals surface area contributed by atoms with Gasteiger partial charge >= 0.3 is 0 Å². The van der Waals surface area contributed by atoms with Crippen LogP contribution in [0.5, 0.6) is 0 Å². The van der Waals surface area contributed by atoms with Crippen molar-refractivity contribution in [1.29, 1.82) is 0 Å². The maximum atomic E-state index is 5.75. The zero-order valence-electron chi connectivity index (χ0n) is 12.0. The largest absolute Gasteiger partial charge is 0.380 e. The molecule has 2 aliphatic heterocycles. The molecule has 0 aromatic rings. The highest BCUT2D eigenvalue weighted by atomic mass is 16.5. The summed E-state index contributed by atoms with van der Waals surface area (Å²) < 4.78 is 5.75. The number of nitrogens with one attached hydrogen (secondary N) is 1. The molecular weight excluding hydrogens is 224 g/mol. The molecule has 0 aromatic carbocycles. The first kappa shape index (κ1) is 14.3. The molecule has 0 aliphatic carbocycles. The number of ether oxygens (including phenoxy) is 1. The number of rotatable bonds is 8. The molecule has 2 rings (SSSR count). The summed E-state index contributed by atoms with van der Waals surface area (Å²) >= 11 is 0. The predicted octanol–water partition coefficient (Wildman–Crippen LogP) is 2.12. The Hall–Kier alpha value is -0.120. The van der Waals surface area contributed by atoms with E-state index in [1.807, 2.05) is 0 Å². The van der Waals surface area contributed by atoms with Crippen LogP contribution in [0, 0.1) is 11.8 Å². The van der Waals surface area contributed by atoms with Crippen molar-refractivity contribution >= 4 is 0 Å². The minimum Gasteiger partial charge on any atom is -0.380 e. The average molecular weight is 254 g/mol. The molecule has 0 spiro atoms. The van der Waals surface area contributed by atoms with Gasteiger partial charge in [0.25, 0.3) is 0 Å². The number of nitrogens with zero attached hydrogens (tertiary/aromatic N) is 1. The van der Waals surface area contributed by atoms with Gasteiger partial charge in [0.2, 0.25) is 0 Å². The third-order valence-corrected chi connectivity index (χ3v) is 4.60. The van der Waals surface area contributed by atoms with Crippen molar-refractivity contribution in [3.8, 4) is 0 Å². The second kappa shape index (κ2) is 8.13. The Morgan fingerprint density at radius 2 is 1.89 bits per heavy atom. The Labute approximate surface area is 112 Å². The van der Waals surface area contributed by atoms with E-state index in [4.69, 9.17) is 4.74 Å². The highest BCUT2D eigenvalue weighted by Crippen LogP contribution is 2.19. The van der Waals surface area contributed by atoms with Gasteiger partial charge in [0.05, 0.1) is 6.61 Å². The maximum Gasteiger partial charge on any atom is 0.0593 e. The van der Waals surface area contributed by atoms with Gasteiger partial charge in [-0.3, -0.25) is 0 Å². The van der Waals surface area contributed by atoms with E-state index in [9.17, 15) is 0 Å². The smallest absolute Gasteiger partial charge is 0.0593 e. The molecule has 2 saturated heterocycles. The van der Waals surface area contributed by atoms with Gasteiger partial charge < -0.3 is 15.0 Å². The predicted molar refractivity (Wildman–Crippen MR) is 75.9 cm³/mol. The van der Waals surface area contributed by atoms with Crippen molar-refractivity contribution in [2.24, 2.45) is 11.8 Å². The molecule has 0 amide bonds. The highest BCUT2D eigenvalue weighted by molar-refractivity contribution is 4.74. The van der Waals surface area contributed by atoms with Crippen LogP contribution in [0.2, 0.25) is 0 Å². The lowest BCUT2D eigenvalue weighted by Gasteiger charge is -2.31. The summed E-state index contributed by atoms with van der Waals surface area (Å²) in [5.41, 5.74) is 0. The van der Waals surface area contributed by atoms with Crippen LogP contribution in [0.15, 0.2) is 0 Å². The lowest BCUT2D eigenvalue weighted by molar-refractivity contribution is 0.0829. The second-order valence-corrected chi connectivity index (χ2v) is 5.97. The van der Waals surface area contributed by atoms with Crippen LogP contribution in [0.25, 0.3) is 0 Å². The van der Waals surface area contributed by atoms with Crippen LogP contribution < -0.4 is 5.32 Å². The van der Waals surface area contributed by atoms with Gasteiger partial charge in [0, 0.05) is 13.2 Å². The minimum atomic E-state index is 0.930. The molecular formula is C15H30N2O.